The molecule has 2 atom stereocenters. The Morgan fingerprint density at radius 2 is 2.07 bits per heavy atom. The van der Waals surface area contributed by atoms with Crippen molar-refractivity contribution in [1.82, 2.24) is 23.9 Å². The van der Waals surface area contributed by atoms with Crippen molar-refractivity contribution in [3.8, 4) is 5.88 Å². The Kier molecular flexibility index (Phi) is 4.26. The second-order valence-corrected chi connectivity index (χ2v) is 7.88. The first-order chi connectivity index (χ1) is 13.7. The molecule has 0 bridgehead atoms. The second kappa shape index (κ2) is 6.93. The molecule has 1 saturated carbocycles. The van der Waals surface area contributed by atoms with E-state index in [0.29, 0.717) is 11.9 Å². The van der Waals surface area contributed by atoms with Crippen molar-refractivity contribution in [3.05, 3.63) is 54.4 Å². The fourth-order valence-corrected chi connectivity index (χ4v) is 4.64. The van der Waals surface area contributed by atoms with Crippen LogP contribution in [0.25, 0.3) is 16.7 Å². The van der Waals surface area contributed by atoms with E-state index in [-0.39, 0.29) is 0 Å². The van der Waals surface area contributed by atoms with Gasteiger partial charge >= 0.3 is 0 Å². The van der Waals surface area contributed by atoms with Gasteiger partial charge in [0.05, 0.1) is 12.5 Å². The molecular weight excluding hydrogens is 350 g/mol. The number of aryl methyl sites for hydroxylation is 2. The fourth-order valence-electron chi connectivity index (χ4n) is 4.64. The van der Waals surface area contributed by atoms with Crippen LogP contribution in [0.1, 0.15) is 43.0 Å². The van der Waals surface area contributed by atoms with Gasteiger partial charge in [-0.25, -0.2) is 15.0 Å². The normalized spacial score (nSPS) is 19.6. The fraction of sp³-hybridized carbons (Fsp3) is 0.409. The molecule has 0 saturated heterocycles. The first-order valence-electron chi connectivity index (χ1n) is 10.0. The molecule has 4 aromatic heterocycles. The van der Waals surface area contributed by atoms with Gasteiger partial charge in [0.2, 0.25) is 5.88 Å². The Bertz CT molecular complexity index is 1130. The number of hydrogen-bond acceptors (Lipinski definition) is 4. The Hall–Kier alpha value is -2.89. The zero-order valence-corrected chi connectivity index (χ0v) is 16.4. The van der Waals surface area contributed by atoms with Gasteiger partial charge in [0, 0.05) is 30.3 Å². The van der Waals surface area contributed by atoms with Gasteiger partial charge in [-0.1, -0.05) is 0 Å². The molecule has 1 aliphatic carbocycles. The van der Waals surface area contributed by atoms with Gasteiger partial charge in [0.1, 0.15) is 17.6 Å². The summed E-state index contributed by atoms with van der Waals surface area (Å²) in [5.41, 5.74) is 4.59. The molecule has 0 amide bonds. The second-order valence-electron chi connectivity index (χ2n) is 7.88. The minimum atomic E-state index is 0.513. The minimum Gasteiger partial charge on any atom is -0.480 e. The molecule has 1 aliphatic rings. The summed E-state index contributed by atoms with van der Waals surface area (Å²) in [5, 5.41) is 0.997. The van der Waals surface area contributed by atoms with Crippen LogP contribution in [0.15, 0.2) is 43.1 Å². The minimum absolute atomic E-state index is 0.513. The lowest BCUT2D eigenvalue weighted by Gasteiger charge is -2.14. The Morgan fingerprint density at radius 1 is 1.14 bits per heavy atom. The number of aromatic nitrogens is 5. The molecule has 6 heteroatoms. The van der Waals surface area contributed by atoms with E-state index in [9.17, 15) is 0 Å². The van der Waals surface area contributed by atoms with Crippen LogP contribution in [0.5, 0.6) is 5.88 Å². The van der Waals surface area contributed by atoms with Gasteiger partial charge in [-0.15, -0.1) is 0 Å². The Labute approximate surface area is 164 Å². The molecule has 0 spiro atoms. The van der Waals surface area contributed by atoms with Crippen molar-refractivity contribution in [3.63, 3.8) is 0 Å². The van der Waals surface area contributed by atoms with Gasteiger partial charge in [-0.2, -0.15) is 0 Å². The van der Waals surface area contributed by atoms with Gasteiger partial charge in [-0.3, -0.25) is 0 Å². The van der Waals surface area contributed by atoms with E-state index < -0.39 is 0 Å². The first kappa shape index (κ1) is 17.2. The third kappa shape index (κ3) is 2.93. The van der Waals surface area contributed by atoms with Crippen LogP contribution in [0.3, 0.4) is 0 Å². The number of methoxy groups -OCH3 is 1. The quantitative estimate of drug-likeness (QED) is 0.520. The van der Waals surface area contributed by atoms with Gasteiger partial charge in [-0.05, 0) is 68.7 Å². The maximum Gasteiger partial charge on any atom is 0.225 e. The average Bonchev–Trinajstić information content (AvgIpc) is 3.44. The summed E-state index contributed by atoms with van der Waals surface area (Å²) in [7, 11) is 1.66. The zero-order valence-electron chi connectivity index (χ0n) is 16.4. The summed E-state index contributed by atoms with van der Waals surface area (Å²) < 4.78 is 9.83. The van der Waals surface area contributed by atoms with Crippen molar-refractivity contribution in [1.29, 1.82) is 0 Å². The highest BCUT2D eigenvalue weighted by atomic mass is 16.5. The highest BCUT2D eigenvalue weighted by Crippen LogP contribution is 2.39. The van der Waals surface area contributed by atoms with E-state index in [2.05, 4.69) is 61.4 Å². The molecule has 0 radical (unpaired) electrons. The average molecular weight is 375 g/mol. The van der Waals surface area contributed by atoms with Crippen LogP contribution in [-0.2, 0) is 6.42 Å². The molecule has 0 aromatic carbocycles. The van der Waals surface area contributed by atoms with Crippen molar-refractivity contribution in [2.75, 3.05) is 7.11 Å². The molecule has 6 nitrogen and oxygen atoms in total. The smallest absolute Gasteiger partial charge is 0.225 e. The van der Waals surface area contributed by atoms with E-state index in [1.54, 1.807) is 13.4 Å². The molecule has 144 valence electrons. The predicted octanol–water partition coefficient (Wildman–Crippen LogP) is 4.37. The number of fused-ring (bicyclic) bond motifs is 2. The van der Waals surface area contributed by atoms with Gasteiger partial charge < -0.3 is 13.7 Å². The Morgan fingerprint density at radius 3 is 2.96 bits per heavy atom. The molecule has 4 heterocycles. The largest absolute Gasteiger partial charge is 0.480 e. The lowest BCUT2D eigenvalue weighted by Crippen LogP contribution is -2.06. The maximum atomic E-state index is 5.37. The van der Waals surface area contributed by atoms with Crippen LogP contribution < -0.4 is 4.74 Å². The number of imidazole rings is 1. The number of hydrogen-bond donors (Lipinski definition) is 0. The third-order valence-corrected chi connectivity index (χ3v) is 6.18. The van der Waals surface area contributed by atoms with E-state index in [4.69, 9.17) is 4.74 Å². The standard InChI is InChI=1S/C22H25N5O/c1-15-13-23-20-12-17(7-9-26(15)20)4-3-16-5-6-18(11-16)27-10-8-19-21(27)24-14-25-22(19)28-2/h7-10,12-14,16,18H,3-6,11H2,1-2H3. The summed E-state index contributed by atoms with van der Waals surface area (Å²) in [4.78, 5) is 13.2. The van der Waals surface area contributed by atoms with E-state index in [1.165, 1.54) is 36.9 Å². The van der Waals surface area contributed by atoms with Crippen molar-refractivity contribution in [2.24, 2.45) is 5.92 Å². The molecule has 0 aliphatic heterocycles. The van der Waals surface area contributed by atoms with E-state index in [1.807, 2.05) is 6.20 Å². The van der Waals surface area contributed by atoms with Crippen molar-refractivity contribution in [2.45, 2.75) is 45.1 Å². The van der Waals surface area contributed by atoms with Gasteiger partial charge in [0.25, 0.3) is 0 Å². The Balaban J connectivity index is 1.27. The number of pyridine rings is 1. The molecule has 2 unspecified atom stereocenters. The SMILES string of the molecule is COc1ncnc2c1ccn2C1CCC(CCc2ccn3c(C)cnc3c2)C1. The monoisotopic (exact) mass is 375 g/mol. The molecule has 4 aromatic rings. The highest BCUT2D eigenvalue weighted by molar-refractivity contribution is 5.81. The van der Waals surface area contributed by atoms with E-state index >= 15 is 0 Å². The van der Waals surface area contributed by atoms with Crippen molar-refractivity contribution < 1.29 is 4.74 Å². The molecular formula is C22H25N5O. The summed E-state index contributed by atoms with van der Waals surface area (Å²) in [6.45, 7) is 2.09. The number of nitrogens with zero attached hydrogens (tertiary/aromatic N) is 5. The first-order valence-corrected chi connectivity index (χ1v) is 10.0. The van der Waals surface area contributed by atoms with Gasteiger partial charge in [0.15, 0.2) is 0 Å². The summed E-state index contributed by atoms with van der Waals surface area (Å²) >= 11 is 0. The van der Waals surface area contributed by atoms with Crippen LogP contribution in [-0.4, -0.2) is 31.0 Å². The van der Waals surface area contributed by atoms with Crippen LogP contribution in [0.2, 0.25) is 0 Å². The number of rotatable bonds is 5. The lowest BCUT2D eigenvalue weighted by molar-refractivity contribution is 0.402. The number of ether oxygens (including phenoxy) is 1. The van der Waals surface area contributed by atoms with Crippen LogP contribution in [0.4, 0.5) is 0 Å². The third-order valence-electron chi connectivity index (χ3n) is 6.18. The summed E-state index contributed by atoms with van der Waals surface area (Å²) in [6.07, 6.45) is 13.8. The van der Waals surface area contributed by atoms with Crippen LogP contribution >= 0.6 is 0 Å². The van der Waals surface area contributed by atoms with Crippen molar-refractivity contribution >= 4 is 16.7 Å². The van der Waals surface area contributed by atoms with E-state index in [0.717, 1.165) is 29.0 Å². The summed E-state index contributed by atoms with van der Waals surface area (Å²) in [5.74, 6) is 1.41. The molecule has 5 rings (SSSR count). The lowest BCUT2D eigenvalue weighted by atomic mass is 9.98. The van der Waals surface area contributed by atoms with Crippen LogP contribution in [0, 0.1) is 12.8 Å². The molecule has 1 fully saturated rings. The molecule has 0 N–H and O–H groups in total. The zero-order chi connectivity index (χ0) is 19.1. The predicted molar refractivity (Wildman–Crippen MR) is 109 cm³/mol. The maximum absolute atomic E-state index is 5.37. The molecule has 28 heavy (non-hydrogen) atoms. The topological polar surface area (TPSA) is 57.2 Å². The highest BCUT2D eigenvalue weighted by Gasteiger charge is 2.27. The summed E-state index contributed by atoms with van der Waals surface area (Å²) in [6, 6.07) is 7.04.